The maximum Gasteiger partial charge on any atom is 0.0651 e. The van der Waals surface area contributed by atoms with Crippen molar-refractivity contribution in [2.45, 2.75) is 19.8 Å². The van der Waals surface area contributed by atoms with E-state index in [0.717, 1.165) is 19.4 Å². The number of nitrogens with one attached hydrogen (secondary N) is 1. The van der Waals surface area contributed by atoms with Gasteiger partial charge in [-0.3, -0.25) is 0 Å². The number of unbranched alkanes of at least 4 members (excludes halogenated alkanes) is 1. The molecule has 0 spiro atoms. The van der Waals surface area contributed by atoms with Crippen LogP contribution in [0.1, 0.15) is 18.5 Å². The molecule has 0 saturated heterocycles. The number of nitrogens with zero attached hydrogens (tertiary/aromatic N) is 1. The van der Waals surface area contributed by atoms with Crippen molar-refractivity contribution in [2.75, 3.05) is 25.1 Å². The van der Waals surface area contributed by atoms with Crippen LogP contribution in [-0.2, 0) is 0 Å². The van der Waals surface area contributed by atoms with Gasteiger partial charge in [0.2, 0.25) is 0 Å². The third-order valence-electron chi connectivity index (χ3n) is 3.14. The van der Waals surface area contributed by atoms with E-state index in [1.807, 2.05) is 6.07 Å². The lowest BCUT2D eigenvalue weighted by Gasteiger charge is -2.19. The number of anilines is 1. The van der Waals surface area contributed by atoms with E-state index in [1.165, 1.54) is 22.3 Å². The minimum Gasteiger partial charge on any atom is -0.396 e. The fourth-order valence-corrected chi connectivity index (χ4v) is 2.33. The number of aliphatic hydroxyl groups excluding tert-OH is 1. The van der Waals surface area contributed by atoms with E-state index in [9.17, 15) is 0 Å². The summed E-state index contributed by atoms with van der Waals surface area (Å²) in [5, 5.41) is 10.1. The molecule has 0 unspecified atom stereocenters. The molecule has 3 heteroatoms. The number of rotatable bonds is 5. The van der Waals surface area contributed by atoms with Gasteiger partial charge in [0.15, 0.2) is 0 Å². The van der Waals surface area contributed by atoms with Crippen LogP contribution in [0.5, 0.6) is 0 Å². The molecule has 1 heterocycles. The smallest absolute Gasteiger partial charge is 0.0651 e. The van der Waals surface area contributed by atoms with Crippen molar-refractivity contribution in [2.24, 2.45) is 0 Å². The van der Waals surface area contributed by atoms with Gasteiger partial charge in [-0.25, -0.2) is 0 Å². The summed E-state index contributed by atoms with van der Waals surface area (Å²) in [5.74, 6) is 0. The van der Waals surface area contributed by atoms with E-state index in [1.54, 1.807) is 0 Å². The van der Waals surface area contributed by atoms with Gasteiger partial charge in [-0.15, -0.1) is 0 Å². The molecule has 0 amide bonds. The topological polar surface area (TPSA) is 39.3 Å². The number of aliphatic hydroxyl groups is 1. The first-order valence-corrected chi connectivity index (χ1v) is 6.13. The normalized spacial score (nSPS) is 11.0. The summed E-state index contributed by atoms with van der Waals surface area (Å²) < 4.78 is 0. The molecule has 0 aliphatic rings. The molecule has 0 aliphatic heterocycles. The number of hydrogen-bond acceptors (Lipinski definition) is 2. The first kappa shape index (κ1) is 12.0. The second kappa shape index (κ2) is 5.23. The summed E-state index contributed by atoms with van der Waals surface area (Å²) >= 11 is 0. The minimum absolute atomic E-state index is 0.278. The van der Waals surface area contributed by atoms with Crippen LogP contribution in [-0.4, -0.2) is 30.3 Å². The van der Waals surface area contributed by atoms with Gasteiger partial charge in [-0.05, 0) is 25.8 Å². The number of aromatic amines is 1. The molecule has 2 aromatic rings. The van der Waals surface area contributed by atoms with Gasteiger partial charge in [-0.2, -0.15) is 0 Å². The Kier molecular flexibility index (Phi) is 3.69. The lowest BCUT2D eigenvalue weighted by molar-refractivity contribution is 0.285. The highest BCUT2D eigenvalue weighted by Gasteiger charge is 2.11. The fourth-order valence-electron chi connectivity index (χ4n) is 2.33. The van der Waals surface area contributed by atoms with Crippen LogP contribution in [0, 0.1) is 6.92 Å². The number of aryl methyl sites for hydroxylation is 1. The van der Waals surface area contributed by atoms with Gasteiger partial charge in [0.25, 0.3) is 0 Å². The van der Waals surface area contributed by atoms with Crippen LogP contribution in [0.25, 0.3) is 10.9 Å². The molecule has 2 N–H and O–H groups in total. The van der Waals surface area contributed by atoms with E-state index in [2.05, 4.69) is 42.1 Å². The molecule has 0 saturated carbocycles. The first-order chi connectivity index (χ1) is 8.24. The second-order valence-corrected chi connectivity index (χ2v) is 4.50. The van der Waals surface area contributed by atoms with E-state index in [0.29, 0.717) is 0 Å². The van der Waals surface area contributed by atoms with Crippen LogP contribution in [0.2, 0.25) is 0 Å². The third-order valence-corrected chi connectivity index (χ3v) is 3.14. The van der Waals surface area contributed by atoms with Crippen LogP contribution in [0.3, 0.4) is 0 Å². The standard InChI is InChI=1S/C14H20N2O/c1-11-14(16(2)9-5-6-10-17)12-7-3-4-8-13(12)15-11/h3-4,7-8,15,17H,5-6,9-10H2,1-2H3. The number of aromatic nitrogens is 1. The molecular formula is C14H20N2O. The van der Waals surface area contributed by atoms with Crippen molar-refractivity contribution in [3.05, 3.63) is 30.0 Å². The number of benzene rings is 1. The van der Waals surface area contributed by atoms with Crippen molar-refractivity contribution < 1.29 is 5.11 Å². The molecule has 1 aromatic carbocycles. The predicted molar refractivity (Wildman–Crippen MR) is 72.6 cm³/mol. The molecular weight excluding hydrogens is 212 g/mol. The van der Waals surface area contributed by atoms with Crippen molar-refractivity contribution in [3.63, 3.8) is 0 Å². The minimum atomic E-state index is 0.278. The Labute approximate surface area is 102 Å². The number of H-pyrrole nitrogens is 1. The zero-order valence-corrected chi connectivity index (χ0v) is 10.5. The van der Waals surface area contributed by atoms with E-state index < -0.39 is 0 Å². The zero-order valence-electron chi connectivity index (χ0n) is 10.5. The van der Waals surface area contributed by atoms with Crippen molar-refractivity contribution in [1.82, 2.24) is 4.98 Å². The predicted octanol–water partition coefficient (Wildman–Crippen LogP) is 2.69. The van der Waals surface area contributed by atoms with E-state index in [4.69, 9.17) is 5.11 Å². The summed E-state index contributed by atoms with van der Waals surface area (Å²) in [4.78, 5) is 5.67. The van der Waals surface area contributed by atoms with Crippen LogP contribution in [0.15, 0.2) is 24.3 Å². The largest absolute Gasteiger partial charge is 0.396 e. The maximum absolute atomic E-state index is 8.81. The maximum atomic E-state index is 8.81. The number of para-hydroxylation sites is 1. The monoisotopic (exact) mass is 232 g/mol. The Morgan fingerprint density at radius 1 is 1.24 bits per heavy atom. The van der Waals surface area contributed by atoms with Gasteiger partial charge in [0.1, 0.15) is 0 Å². The third kappa shape index (κ3) is 2.44. The molecule has 3 nitrogen and oxygen atoms in total. The van der Waals surface area contributed by atoms with Gasteiger partial charge in [0.05, 0.1) is 5.69 Å². The molecule has 0 bridgehead atoms. The molecule has 2 rings (SSSR count). The van der Waals surface area contributed by atoms with Gasteiger partial charge in [0, 0.05) is 36.8 Å². The molecule has 92 valence electrons. The van der Waals surface area contributed by atoms with Gasteiger partial charge >= 0.3 is 0 Å². The molecule has 0 aliphatic carbocycles. The molecule has 0 radical (unpaired) electrons. The second-order valence-electron chi connectivity index (χ2n) is 4.50. The lowest BCUT2D eigenvalue weighted by Crippen LogP contribution is -2.19. The average Bonchev–Trinajstić information content (AvgIpc) is 2.65. The molecule has 1 aromatic heterocycles. The van der Waals surface area contributed by atoms with Crippen molar-refractivity contribution in [1.29, 1.82) is 0 Å². The number of fused-ring (bicyclic) bond motifs is 1. The first-order valence-electron chi connectivity index (χ1n) is 6.13. The summed E-state index contributed by atoms with van der Waals surface area (Å²) in [6.07, 6.45) is 1.89. The Hall–Kier alpha value is -1.48. The quantitative estimate of drug-likeness (QED) is 0.778. The Morgan fingerprint density at radius 3 is 2.76 bits per heavy atom. The summed E-state index contributed by atoms with van der Waals surface area (Å²) in [6, 6.07) is 8.37. The summed E-state index contributed by atoms with van der Waals surface area (Å²) in [5.41, 5.74) is 3.67. The van der Waals surface area contributed by atoms with Crippen LogP contribution < -0.4 is 4.90 Å². The molecule has 17 heavy (non-hydrogen) atoms. The highest BCUT2D eigenvalue weighted by molar-refractivity contribution is 5.94. The fraction of sp³-hybridized carbons (Fsp3) is 0.429. The van der Waals surface area contributed by atoms with Crippen LogP contribution >= 0.6 is 0 Å². The average molecular weight is 232 g/mol. The van der Waals surface area contributed by atoms with E-state index >= 15 is 0 Å². The Balaban J connectivity index is 2.24. The van der Waals surface area contributed by atoms with Crippen molar-refractivity contribution in [3.8, 4) is 0 Å². The SMILES string of the molecule is Cc1[nH]c2ccccc2c1N(C)CCCCO. The molecule has 0 fully saturated rings. The summed E-state index contributed by atoms with van der Waals surface area (Å²) in [7, 11) is 2.11. The number of hydrogen-bond donors (Lipinski definition) is 2. The van der Waals surface area contributed by atoms with E-state index in [-0.39, 0.29) is 6.61 Å². The van der Waals surface area contributed by atoms with Crippen molar-refractivity contribution >= 4 is 16.6 Å². The van der Waals surface area contributed by atoms with Gasteiger partial charge in [-0.1, -0.05) is 18.2 Å². The highest BCUT2D eigenvalue weighted by atomic mass is 16.2. The lowest BCUT2D eigenvalue weighted by atomic mass is 10.2. The highest BCUT2D eigenvalue weighted by Crippen LogP contribution is 2.29. The van der Waals surface area contributed by atoms with Crippen LogP contribution in [0.4, 0.5) is 5.69 Å². The Morgan fingerprint density at radius 2 is 2.00 bits per heavy atom. The summed E-state index contributed by atoms with van der Waals surface area (Å²) in [6.45, 7) is 3.36. The molecule has 0 atom stereocenters. The Bertz CT molecular complexity index is 490. The zero-order chi connectivity index (χ0) is 12.3. The van der Waals surface area contributed by atoms with Gasteiger partial charge < -0.3 is 15.0 Å².